The molecule has 1 aliphatic carbocycles. The Kier molecular flexibility index (Phi) is 3.09. The Morgan fingerprint density at radius 3 is 2.58 bits per heavy atom. The first kappa shape index (κ1) is 9.96. The molecule has 12 heavy (non-hydrogen) atoms. The summed E-state index contributed by atoms with van der Waals surface area (Å²) in [5, 5.41) is 2.02. The standard InChI is InChI=1S/C9H21N3/c1-8-4-5-9(6-8,7-10)11-12(2)3/h8,11H,4-7,10H2,1-3H3. The van der Waals surface area contributed by atoms with Crippen molar-refractivity contribution in [1.29, 1.82) is 0 Å². The van der Waals surface area contributed by atoms with Gasteiger partial charge in [0.1, 0.15) is 0 Å². The summed E-state index contributed by atoms with van der Waals surface area (Å²) >= 11 is 0. The maximum absolute atomic E-state index is 5.79. The zero-order chi connectivity index (χ0) is 9.19. The number of nitrogens with zero attached hydrogens (tertiary/aromatic N) is 1. The van der Waals surface area contributed by atoms with Gasteiger partial charge in [0, 0.05) is 26.2 Å². The number of hydrogen-bond donors (Lipinski definition) is 2. The molecule has 1 aliphatic rings. The van der Waals surface area contributed by atoms with Crippen LogP contribution in [0.25, 0.3) is 0 Å². The van der Waals surface area contributed by atoms with Crippen molar-refractivity contribution < 1.29 is 0 Å². The third-order valence-corrected chi connectivity index (χ3v) is 2.71. The summed E-state index contributed by atoms with van der Waals surface area (Å²) in [5.74, 6) is 0.820. The van der Waals surface area contributed by atoms with E-state index in [4.69, 9.17) is 5.73 Å². The molecule has 72 valence electrons. The van der Waals surface area contributed by atoms with Gasteiger partial charge in [-0.15, -0.1) is 0 Å². The molecule has 0 amide bonds. The third kappa shape index (κ3) is 2.19. The number of hydrogen-bond acceptors (Lipinski definition) is 3. The Labute approximate surface area is 75.3 Å². The second-order valence-corrected chi connectivity index (χ2v) is 4.34. The number of rotatable bonds is 3. The van der Waals surface area contributed by atoms with E-state index >= 15 is 0 Å². The summed E-state index contributed by atoms with van der Waals surface area (Å²) in [6.07, 6.45) is 3.72. The SMILES string of the molecule is CC1CCC(CN)(NN(C)C)C1. The largest absolute Gasteiger partial charge is 0.329 e. The first-order valence-corrected chi connectivity index (χ1v) is 4.73. The second-order valence-electron chi connectivity index (χ2n) is 4.34. The van der Waals surface area contributed by atoms with Crippen molar-refractivity contribution in [2.75, 3.05) is 20.6 Å². The first-order valence-electron chi connectivity index (χ1n) is 4.73. The van der Waals surface area contributed by atoms with Crippen LogP contribution in [-0.4, -0.2) is 31.2 Å². The minimum absolute atomic E-state index is 0.183. The van der Waals surface area contributed by atoms with E-state index in [0.717, 1.165) is 12.5 Å². The van der Waals surface area contributed by atoms with Crippen LogP contribution in [-0.2, 0) is 0 Å². The van der Waals surface area contributed by atoms with Crippen molar-refractivity contribution in [3.8, 4) is 0 Å². The summed E-state index contributed by atoms with van der Waals surface area (Å²) in [6.45, 7) is 3.05. The quantitative estimate of drug-likeness (QED) is 0.610. The van der Waals surface area contributed by atoms with Crippen molar-refractivity contribution in [2.45, 2.75) is 31.7 Å². The summed E-state index contributed by atoms with van der Waals surface area (Å²) in [4.78, 5) is 0. The molecular formula is C9H21N3. The van der Waals surface area contributed by atoms with Crippen LogP contribution < -0.4 is 11.2 Å². The molecule has 0 aromatic carbocycles. The maximum Gasteiger partial charge on any atom is 0.0450 e. The zero-order valence-corrected chi connectivity index (χ0v) is 8.43. The Bertz CT molecular complexity index is 147. The Hall–Kier alpha value is -0.120. The summed E-state index contributed by atoms with van der Waals surface area (Å²) in [6, 6.07) is 0. The van der Waals surface area contributed by atoms with Gasteiger partial charge in [0.25, 0.3) is 0 Å². The molecule has 1 rings (SSSR count). The summed E-state index contributed by atoms with van der Waals surface area (Å²) < 4.78 is 0. The van der Waals surface area contributed by atoms with Gasteiger partial charge >= 0.3 is 0 Å². The summed E-state index contributed by atoms with van der Waals surface area (Å²) in [7, 11) is 4.06. The highest BCUT2D eigenvalue weighted by Gasteiger charge is 2.36. The van der Waals surface area contributed by atoms with Gasteiger partial charge in [-0.3, -0.25) is 5.01 Å². The number of nitrogens with one attached hydrogen (secondary N) is 1. The van der Waals surface area contributed by atoms with E-state index in [2.05, 4.69) is 12.3 Å². The molecule has 1 saturated carbocycles. The average Bonchev–Trinajstić information content (AvgIpc) is 2.32. The minimum atomic E-state index is 0.183. The molecule has 0 radical (unpaired) electrons. The van der Waals surface area contributed by atoms with Crippen LogP contribution >= 0.6 is 0 Å². The molecule has 3 N–H and O–H groups in total. The van der Waals surface area contributed by atoms with Crippen LogP contribution in [0, 0.1) is 5.92 Å². The van der Waals surface area contributed by atoms with E-state index in [0.29, 0.717) is 0 Å². The smallest absolute Gasteiger partial charge is 0.0450 e. The van der Waals surface area contributed by atoms with E-state index in [1.54, 1.807) is 0 Å². The highest BCUT2D eigenvalue weighted by Crippen LogP contribution is 2.33. The zero-order valence-electron chi connectivity index (χ0n) is 8.43. The predicted octanol–water partition coefficient (Wildman–Crippen LogP) is 0.570. The highest BCUT2D eigenvalue weighted by molar-refractivity contribution is 4.94. The van der Waals surface area contributed by atoms with Gasteiger partial charge in [-0.1, -0.05) is 6.92 Å². The van der Waals surface area contributed by atoms with Crippen molar-refractivity contribution in [2.24, 2.45) is 11.7 Å². The molecule has 3 heteroatoms. The lowest BCUT2D eigenvalue weighted by Gasteiger charge is -2.32. The third-order valence-electron chi connectivity index (χ3n) is 2.71. The van der Waals surface area contributed by atoms with Gasteiger partial charge in [0.15, 0.2) is 0 Å². The molecule has 0 bridgehead atoms. The molecule has 2 atom stereocenters. The van der Waals surface area contributed by atoms with Crippen LogP contribution in [0.3, 0.4) is 0 Å². The molecular weight excluding hydrogens is 150 g/mol. The Morgan fingerprint density at radius 2 is 2.25 bits per heavy atom. The molecule has 0 saturated heterocycles. The lowest BCUT2D eigenvalue weighted by molar-refractivity contribution is 0.163. The van der Waals surface area contributed by atoms with Crippen LogP contribution in [0.15, 0.2) is 0 Å². The van der Waals surface area contributed by atoms with Crippen LogP contribution in [0.2, 0.25) is 0 Å². The van der Waals surface area contributed by atoms with Gasteiger partial charge in [-0.2, -0.15) is 0 Å². The fourth-order valence-corrected chi connectivity index (χ4v) is 2.20. The van der Waals surface area contributed by atoms with Crippen molar-refractivity contribution in [1.82, 2.24) is 10.4 Å². The average molecular weight is 171 g/mol. The van der Waals surface area contributed by atoms with Crippen molar-refractivity contribution in [3.63, 3.8) is 0 Å². The van der Waals surface area contributed by atoms with Gasteiger partial charge in [0.05, 0.1) is 0 Å². The Balaban J connectivity index is 2.52. The molecule has 1 fully saturated rings. The monoisotopic (exact) mass is 171 g/mol. The van der Waals surface area contributed by atoms with Crippen LogP contribution in [0.4, 0.5) is 0 Å². The normalized spacial score (nSPS) is 36.2. The van der Waals surface area contributed by atoms with Gasteiger partial charge < -0.3 is 5.73 Å². The van der Waals surface area contributed by atoms with E-state index in [-0.39, 0.29) is 5.54 Å². The molecule has 0 aliphatic heterocycles. The van der Waals surface area contributed by atoms with E-state index in [1.165, 1.54) is 19.3 Å². The van der Waals surface area contributed by atoms with Crippen LogP contribution in [0.5, 0.6) is 0 Å². The van der Waals surface area contributed by atoms with Crippen LogP contribution in [0.1, 0.15) is 26.2 Å². The summed E-state index contributed by atoms with van der Waals surface area (Å²) in [5.41, 5.74) is 9.42. The Morgan fingerprint density at radius 1 is 1.58 bits per heavy atom. The minimum Gasteiger partial charge on any atom is -0.329 e. The molecule has 0 aromatic heterocycles. The van der Waals surface area contributed by atoms with E-state index in [9.17, 15) is 0 Å². The van der Waals surface area contributed by atoms with Gasteiger partial charge in [0.2, 0.25) is 0 Å². The van der Waals surface area contributed by atoms with E-state index in [1.807, 2.05) is 19.1 Å². The van der Waals surface area contributed by atoms with Crippen molar-refractivity contribution in [3.05, 3.63) is 0 Å². The highest BCUT2D eigenvalue weighted by atomic mass is 15.5. The van der Waals surface area contributed by atoms with E-state index < -0.39 is 0 Å². The number of nitrogens with two attached hydrogens (primary N) is 1. The predicted molar refractivity (Wildman–Crippen MR) is 51.6 cm³/mol. The molecule has 0 aromatic rings. The van der Waals surface area contributed by atoms with Crippen molar-refractivity contribution >= 4 is 0 Å². The topological polar surface area (TPSA) is 41.3 Å². The number of hydrazine groups is 1. The maximum atomic E-state index is 5.79. The molecule has 0 heterocycles. The van der Waals surface area contributed by atoms with Gasteiger partial charge in [-0.25, -0.2) is 5.43 Å². The van der Waals surface area contributed by atoms with Gasteiger partial charge in [-0.05, 0) is 25.2 Å². The molecule has 3 nitrogen and oxygen atoms in total. The fraction of sp³-hybridized carbons (Fsp3) is 1.00. The molecule has 0 spiro atoms. The lowest BCUT2D eigenvalue weighted by atomic mass is 9.97. The molecule has 2 unspecified atom stereocenters. The second kappa shape index (κ2) is 3.73. The lowest BCUT2D eigenvalue weighted by Crippen LogP contribution is -2.54. The fourth-order valence-electron chi connectivity index (χ4n) is 2.20. The first-order chi connectivity index (χ1) is 5.58.